The van der Waals surface area contributed by atoms with Gasteiger partial charge in [0.2, 0.25) is 0 Å². The van der Waals surface area contributed by atoms with Crippen molar-refractivity contribution >= 4 is 11.8 Å². The van der Waals surface area contributed by atoms with Gasteiger partial charge in [0.1, 0.15) is 0 Å². The van der Waals surface area contributed by atoms with Gasteiger partial charge in [-0.3, -0.25) is 0 Å². The maximum Gasteiger partial charge on any atom is -1.00 e. The van der Waals surface area contributed by atoms with E-state index in [-0.39, 0.29) is 24.8 Å². The normalized spacial score (nSPS) is 18.1. The average Bonchev–Trinajstić information content (AvgIpc) is 2.90. The Hall–Kier alpha value is 0.630. The first-order valence-electron chi connectivity index (χ1n) is 7.22. The zero-order chi connectivity index (χ0) is 13.0. The Bertz CT molecular complexity index is 368. The molecule has 113 valence electrons. The number of halogens is 2. The van der Waals surface area contributed by atoms with E-state index in [2.05, 4.69) is 34.6 Å². The molecular formula is C14H24Cl2NOSiZr. The largest absolute Gasteiger partial charge is 1.00 e. The third-order valence-electron chi connectivity index (χ3n) is 3.93. The Morgan fingerprint density at radius 3 is 2.40 bits per heavy atom. The smallest absolute Gasteiger partial charge is 1.00 e. The van der Waals surface area contributed by atoms with E-state index in [0.29, 0.717) is 11.8 Å². The van der Waals surface area contributed by atoms with E-state index < -0.39 is 27.1 Å². The summed E-state index contributed by atoms with van der Waals surface area (Å²) in [5.41, 5.74) is 0. The number of allylic oxidation sites excluding steroid dienone is 4. The molecule has 0 unspecified atom stereocenters. The minimum atomic E-state index is -1.78. The van der Waals surface area contributed by atoms with Crippen molar-refractivity contribution in [3.63, 3.8) is 0 Å². The van der Waals surface area contributed by atoms with Gasteiger partial charge in [-0.2, -0.15) is 0 Å². The van der Waals surface area contributed by atoms with Crippen LogP contribution in [0.5, 0.6) is 0 Å². The molecule has 1 N–H and O–H groups in total. The van der Waals surface area contributed by atoms with E-state index >= 15 is 0 Å². The third kappa shape index (κ3) is 5.79. The van der Waals surface area contributed by atoms with Crippen LogP contribution in [-0.2, 0) is 26.0 Å². The van der Waals surface area contributed by atoms with Gasteiger partial charge < -0.3 is 24.8 Å². The van der Waals surface area contributed by atoms with Crippen LogP contribution < -0.4 is 28.1 Å². The van der Waals surface area contributed by atoms with Crippen molar-refractivity contribution in [1.82, 2.24) is 3.26 Å². The quantitative estimate of drug-likeness (QED) is 0.492. The summed E-state index contributed by atoms with van der Waals surface area (Å²) in [4.78, 5) is 12.4. The fourth-order valence-corrected chi connectivity index (χ4v) is 16.6. The number of hydrogen-bond donors (Lipinski definition) is 1. The molecule has 1 fully saturated rings. The van der Waals surface area contributed by atoms with Crippen LogP contribution >= 0.6 is 0 Å². The van der Waals surface area contributed by atoms with Crippen molar-refractivity contribution < 1.29 is 50.8 Å². The molecule has 2 aliphatic carbocycles. The monoisotopic (exact) mass is 410 g/mol. The molecule has 2 aliphatic rings. The number of carbonyl (C=O) groups is 1. The van der Waals surface area contributed by atoms with E-state index in [4.69, 9.17) is 0 Å². The van der Waals surface area contributed by atoms with Crippen LogP contribution in [0.25, 0.3) is 0 Å². The number of amides is 1. The van der Waals surface area contributed by atoms with Crippen molar-refractivity contribution in [3.05, 3.63) is 21.5 Å². The van der Waals surface area contributed by atoms with E-state index in [1.54, 1.807) is 3.28 Å². The minimum absolute atomic E-state index is 0. The molecule has 0 aromatic carbocycles. The number of hydrogen-bond acceptors (Lipinski definition) is 1. The van der Waals surface area contributed by atoms with Crippen molar-refractivity contribution in [3.8, 4) is 0 Å². The topological polar surface area (TPSA) is 29.1 Å². The number of carbonyl (C=O) groups excluding carboxylic acids is 1. The molecule has 0 aromatic rings. The Kier molecular flexibility index (Phi) is 10.7. The fraction of sp³-hybridized carbons (Fsp3) is 0.643. The molecule has 20 heavy (non-hydrogen) atoms. The molecule has 2 nitrogen and oxygen atoms in total. The molecule has 0 spiro atoms. The van der Waals surface area contributed by atoms with Gasteiger partial charge in [0.15, 0.2) is 0 Å². The fourth-order valence-electron chi connectivity index (χ4n) is 2.84. The van der Waals surface area contributed by atoms with Crippen molar-refractivity contribution in [2.45, 2.75) is 51.6 Å². The zero-order valence-corrected chi connectivity index (χ0v) is 17.4. The molecule has 1 amide bonds. The van der Waals surface area contributed by atoms with E-state index in [1.165, 1.54) is 19.3 Å². The molecule has 0 radical (unpaired) electrons. The summed E-state index contributed by atoms with van der Waals surface area (Å²) in [5, 5.41) is 0. The van der Waals surface area contributed by atoms with Gasteiger partial charge in [-0.15, -0.1) is 0 Å². The molecule has 0 bridgehead atoms. The summed E-state index contributed by atoms with van der Waals surface area (Å²) in [6.45, 7) is 4.82. The van der Waals surface area contributed by atoms with Gasteiger partial charge in [-0.05, 0) is 0 Å². The molecule has 2 rings (SSSR count). The molecule has 0 aromatic heterocycles. The van der Waals surface area contributed by atoms with Crippen LogP contribution in [0.3, 0.4) is 0 Å². The predicted molar refractivity (Wildman–Crippen MR) is 75.4 cm³/mol. The van der Waals surface area contributed by atoms with Crippen LogP contribution in [0.2, 0.25) is 13.1 Å². The van der Waals surface area contributed by atoms with Crippen LogP contribution in [0, 0.1) is 5.92 Å². The Morgan fingerprint density at radius 1 is 1.25 bits per heavy atom. The second-order valence-corrected chi connectivity index (χ2v) is 24.2. The maximum absolute atomic E-state index is 12.4. The van der Waals surface area contributed by atoms with Crippen LogP contribution in [0.15, 0.2) is 21.5 Å². The van der Waals surface area contributed by atoms with Crippen molar-refractivity contribution in [2.75, 3.05) is 0 Å². The standard InChI is InChI=1S/C7H13NO.C5H5.C2H7Si.2ClH.Zr/c8-7(9)6-4-2-1-3-5-6;1-2-4-5-3-1;1-3-2;;;/h6H,1-5H2,(H2,8,9);1-3H,4H2;3H,1-2H3;2*1H;/q;;;;;+3/p-3. The first kappa shape index (κ1) is 20.6. The second kappa shape index (κ2) is 10.4. The molecule has 6 heteroatoms. The van der Waals surface area contributed by atoms with E-state index in [0.717, 1.165) is 19.3 Å². The van der Waals surface area contributed by atoms with E-state index in [9.17, 15) is 4.79 Å². The molecule has 1 saturated carbocycles. The third-order valence-corrected chi connectivity index (χ3v) is 20.5. The van der Waals surface area contributed by atoms with Gasteiger partial charge in [0, 0.05) is 0 Å². The average molecular weight is 413 g/mol. The first-order chi connectivity index (χ1) is 8.68. The maximum atomic E-state index is 12.4. The number of nitrogens with one attached hydrogen (secondary N) is 1. The summed E-state index contributed by atoms with van der Waals surface area (Å²) in [6, 6.07) is 0. The van der Waals surface area contributed by atoms with Crippen LogP contribution in [0.1, 0.15) is 38.5 Å². The summed E-state index contributed by atoms with van der Waals surface area (Å²) < 4.78 is 5.15. The predicted octanol–water partition coefficient (Wildman–Crippen LogP) is -2.95. The summed E-state index contributed by atoms with van der Waals surface area (Å²) in [6.07, 6.45) is 13.9. The molecule has 0 heterocycles. The molecule has 0 atom stereocenters. The SMILES string of the molecule is C[SiH](C)[Zr+2]([NH]C(=O)C1CCCCC1)[C]1=CC=CC1.[Cl-].[Cl-]. The van der Waals surface area contributed by atoms with E-state index in [1.807, 2.05) is 0 Å². The Morgan fingerprint density at radius 2 is 1.90 bits per heavy atom. The van der Waals surface area contributed by atoms with Crippen LogP contribution in [-0.4, -0.2) is 11.8 Å². The van der Waals surface area contributed by atoms with Crippen LogP contribution in [0.4, 0.5) is 0 Å². The Balaban J connectivity index is 0.00000180. The van der Waals surface area contributed by atoms with Gasteiger partial charge in [-0.1, -0.05) is 0 Å². The summed E-state index contributed by atoms with van der Waals surface area (Å²) >= 11 is -1.78. The van der Waals surface area contributed by atoms with Gasteiger partial charge in [0.25, 0.3) is 0 Å². The van der Waals surface area contributed by atoms with Gasteiger partial charge >= 0.3 is 120 Å². The zero-order valence-electron chi connectivity index (χ0n) is 12.3. The summed E-state index contributed by atoms with van der Waals surface area (Å²) in [7, 11) is 0. The minimum Gasteiger partial charge on any atom is -1.00 e. The Labute approximate surface area is 144 Å². The summed E-state index contributed by atoms with van der Waals surface area (Å²) in [5.74, 6) is 0.0391. The first-order valence-corrected chi connectivity index (χ1v) is 16.8. The van der Waals surface area contributed by atoms with Crippen molar-refractivity contribution in [2.24, 2.45) is 5.92 Å². The second-order valence-electron chi connectivity index (χ2n) is 5.72. The molecular weight excluding hydrogens is 388 g/mol. The molecule has 0 aliphatic heterocycles. The van der Waals surface area contributed by atoms with Crippen molar-refractivity contribution in [1.29, 1.82) is 0 Å². The van der Waals surface area contributed by atoms with Gasteiger partial charge in [0.05, 0.1) is 0 Å². The molecule has 0 saturated heterocycles. The number of rotatable bonds is 4. The van der Waals surface area contributed by atoms with Gasteiger partial charge in [-0.25, -0.2) is 0 Å².